The minimum atomic E-state index is -0.973. The fourth-order valence-electron chi connectivity index (χ4n) is 1.65. The fraction of sp³-hybridized carbons (Fsp3) is 0.143. The van der Waals surface area contributed by atoms with Gasteiger partial charge in [0, 0.05) is 17.3 Å². The molecule has 0 saturated heterocycles. The first-order valence-corrected chi connectivity index (χ1v) is 6.06. The van der Waals surface area contributed by atoms with Gasteiger partial charge in [0.05, 0.1) is 6.10 Å². The highest BCUT2D eigenvalue weighted by molar-refractivity contribution is 6.30. The van der Waals surface area contributed by atoms with Crippen LogP contribution in [0.4, 0.5) is 14.5 Å². The van der Waals surface area contributed by atoms with Gasteiger partial charge < -0.3 is 10.4 Å². The first kappa shape index (κ1) is 13.8. The van der Waals surface area contributed by atoms with Gasteiger partial charge in [0.25, 0.3) is 0 Å². The normalized spacial score (nSPS) is 12.2. The molecule has 0 aliphatic heterocycles. The van der Waals surface area contributed by atoms with Crippen LogP contribution in [0.25, 0.3) is 0 Å². The van der Waals surface area contributed by atoms with Crippen molar-refractivity contribution in [3.8, 4) is 0 Å². The highest BCUT2D eigenvalue weighted by Gasteiger charge is 2.10. The third-order valence-corrected chi connectivity index (χ3v) is 2.89. The predicted octanol–water partition coefficient (Wildman–Crippen LogP) is 3.76. The number of benzene rings is 2. The van der Waals surface area contributed by atoms with E-state index < -0.39 is 17.7 Å². The lowest BCUT2D eigenvalue weighted by molar-refractivity contribution is 0.191. The summed E-state index contributed by atoms with van der Waals surface area (Å²) in [6.07, 6.45) is -0.936. The van der Waals surface area contributed by atoms with E-state index in [1.165, 1.54) is 6.07 Å². The van der Waals surface area contributed by atoms with Crippen molar-refractivity contribution in [3.05, 3.63) is 64.7 Å². The topological polar surface area (TPSA) is 32.3 Å². The van der Waals surface area contributed by atoms with Crippen LogP contribution in [0.1, 0.15) is 11.7 Å². The third kappa shape index (κ3) is 3.66. The van der Waals surface area contributed by atoms with Gasteiger partial charge in [0.1, 0.15) is 0 Å². The van der Waals surface area contributed by atoms with Crippen molar-refractivity contribution in [2.45, 2.75) is 6.10 Å². The predicted molar refractivity (Wildman–Crippen MR) is 71.3 cm³/mol. The average molecular weight is 284 g/mol. The molecule has 2 aromatic rings. The maximum atomic E-state index is 13.0. The lowest BCUT2D eigenvalue weighted by atomic mass is 10.1. The Morgan fingerprint density at radius 1 is 1.11 bits per heavy atom. The van der Waals surface area contributed by atoms with E-state index in [0.717, 1.165) is 17.8 Å². The smallest absolute Gasteiger partial charge is 0.159 e. The molecule has 2 nitrogen and oxygen atoms in total. The Morgan fingerprint density at radius 3 is 2.58 bits per heavy atom. The second-order valence-corrected chi connectivity index (χ2v) is 4.52. The van der Waals surface area contributed by atoms with Crippen LogP contribution in [0.5, 0.6) is 0 Å². The van der Waals surface area contributed by atoms with Gasteiger partial charge in [-0.05, 0) is 35.9 Å². The number of nitrogens with one attached hydrogen (secondary N) is 1. The molecule has 0 heterocycles. The minimum Gasteiger partial charge on any atom is -0.387 e. The number of hydrogen-bond donors (Lipinski definition) is 2. The van der Waals surface area contributed by atoms with E-state index >= 15 is 0 Å². The van der Waals surface area contributed by atoms with Crippen molar-refractivity contribution in [2.75, 3.05) is 11.9 Å². The number of anilines is 1. The van der Waals surface area contributed by atoms with Crippen molar-refractivity contribution >= 4 is 17.3 Å². The molecule has 5 heteroatoms. The van der Waals surface area contributed by atoms with E-state index in [2.05, 4.69) is 5.32 Å². The number of aliphatic hydroxyl groups excluding tert-OH is 1. The summed E-state index contributed by atoms with van der Waals surface area (Å²) in [5.74, 6) is -1.90. The monoisotopic (exact) mass is 283 g/mol. The second-order valence-electron chi connectivity index (χ2n) is 4.08. The van der Waals surface area contributed by atoms with Crippen LogP contribution in [0.2, 0.25) is 5.02 Å². The quantitative estimate of drug-likeness (QED) is 0.895. The summed E-state index contributed by atoms with van der Waals surface area (Å²) in [5, 5.41) is 13.4. The first-order valence-electron chi connectivity index (χ1n) is 5.69. The summed E-state index contributed by atoms with van der Waals surface area (Å²) in [5.41, 5.74) is 1.06. The molecular weight excluding hydrogens is 272 g/mol. The van der Waals surface area contributed by atoms with E-state index in [1.807, 2.05) is 0 Å². The van der Waals surface area contributed by atoms with Gasteiger partial charge in [-0.2, -0.15) is 0 Å². The summed E-state index contributed by atoms with van der Waals surface area (Å²) in [6.45, 7) is 0.172. The maximum absolute atomic E-state index is 13.0. The van der Waals surface area contributed by atoms with Crippen LogP contribution in [0.15, 0.2) is 42.5 Å². The second kappa shape index (κ2) is 5.99. The molecule has 2 rings (SSSR count). The lowest BCUT2D eigenvalue weighted by Gasteiger charge is -2.13. The van der Waals surface area contributed by atoms with Gasteiger partial charge in [-0.25, -0.2) is 8.78 Å². The van der Waals surface area contributed by atoms with Gasteiger partial charge in [0.2, 0.25) is 0 Å². The highest BCUT2D eigenvalue weighted by atomic mass is 35.5. The van der Waals surface area contributed by atoms with Crippen LogP contribution in [0, 0.1) is 11.6 Å². The summed E-state index contributed by atoms with van der Waals surface area (Å²) in [7, 11) is 0. The Kier molecular flexibility index (Phi) is 4.35. The van der Waals surface area contributed by atoms with E-state index in [4.69, 9.17) is 11.6 Å². The number of hydrogen-bond acceptors (Lipinski definition) is 2. The van der Waals surface area contributed by atoms with Gasteiger partial charge in [-0.15, -0.1) is 0 Å². The molecule has 100 valence electrons. The number of aliphatic hydroxyl groups is 1. The Balaban J connectivity index is 2.01. The summed E-state index contributed by atoms with van der Waals surface area (Å²) >= 11 is 5.82. The van der Waals surface area contributed by atoms with Crippen LogP contribution in [0.3, 0.4) is 0 Å². The zero-order valence-electron chi connectivity index (χ0n) is 9.91. The van der Waals surface area contributed by atoms with E-state index in [1.54, 1.807) is 24.3 Å². The van der Waals surface area contributed by atoms with Gasteiger partial charge in [-0.1, -0.05) is 23.7 Å². The fourth-order valence-corrected chi connectivity index (χ4v) is 1.84. The van der Waals surface area contributed by atoms with Gasteiger partial charge in [-0.3, -0.25) is 0 Å². The Labute approximate surface area is 114 Å². The minimum absolute atomic E-state index is 0.172. The van der Waals surface area contributed by atoms with Crippen LogP contribution in [-0.4, -0.2) is 11.7 Å². The van der Waals surface area contributed by atoms with E-state index in [-0.39, 0.29) is 6.54 Å². The Hall–Kier alpha value is -1.65. The van der Waals surface area contributed by atoms with Crippen molar-refractivity contribution in [1.82, 2.24) is 0 Å². The van der Waals surface area contributed by atoms with Gasteiger partial charge in [0.15, 0.2) is 11.6 Å². The standard InChI is InChI=1S/C14H12ClF2NO/c15-10-2-1-3-11(7-10)18-8-14(19)9-4-5-12(16)13(17)6-9/h1-7,14,18-19H,8H2. The zero-order chi connectivity index (χ0) is 13.8. The van der Waals surface area contributed by atoms with Gasteiger partial charge >= 0.3 is 0 Å². The molecule has 0 aliphatic carbocycles. The molecule has 0 bridgehead atoms. The van der Waals surface area contributed by atoms with Crippen LogP contribution >= 0.6 is 11.6 Å². The van der Waals surface area contributed by atoms with Crippen molar-refractivity contribution in [2.24, 2.45) is 0 Å². The molecule has 0 aliphatic rings. The molecular formula is C14H12ClF2NO. The number of rotatable bonds is 4. The Bertz CT molecular complexity index is 577. The van der Waals surface area contributed by atoms with Crippen LogP contribution in [-0.2, 0) is 0 Å². The summed E-state index contributed by atoms with van der Waals surface area (Å²) < 4.78 is 25.8. The summed E-state index contributed by atoms with van der Waals surface area (Å²) in [6, 6.07) is 10.3. The zero-order valence-corrected chi connectivity index (χ0v) is 10.7. The lowest BCUT2D eigenvalue weighted by Crippen LogP contribution is -2.12. The molecule has 0 aromatic heterocycles. The molecule has 1 atom stereocenters. The Morgan fingerprint density at radius 2 is 1.89 bits per heavy atom. The molecule has 0 amide bonds. The summed E-state index contributed by atoms with van der Waals surface area (Å²) in [4.78, 5) is 0. The molecule has 0 saturated carbocycles. The highest BCUT2D eigenvalue weighted by Crippen LogP contribution is 2.19. The molecule has 19 heavy (non-hydrogen) atoms. The molecule has 0 radical (unpaired) electrons. The number of halogens is 3. The SMILES string of the molecule is OC(CNc1cccc(Cl)c1)c1ccc(F)c(F)c1. The van der Waals surface area contributed by atoms with E-state index in [9.17, 15) is 13.9 Å². The van der Waals surface area contributed by atoms with Crippen LogP contribution < -0.4 is 5.32 Å². The van der Waals surface area contributed by atoms with Crippen molar-refractivity contribution in [3.63, 3.8) is 0 Å². The molecule has 1 unspecified atom stereocenters. The van der Waals surface area contributed by atoms with E-state index in [0.29, 0.717) is 10.6 Å². The average Bonchev–Trinajstić information content (AvgIpc) is 2.39. The largest absolute Gasteiger partial charge is 0.387 e. The molecule has 0 fully saturated rings. The van der Waals surface area contributed by atoms with Crippen molar-refractivity contribution in [1.29, 1.82) is 0 Å². The molecule has 2 aromatic carbocycles. The molecule has 0 spiro atoms. The first-order chi connectivity index (χ1) is 9.06. The third-order valence-electron chi connectivity index (χ3n) is 2.65. The molecule has 2 N–H and O–H groups in total. The maximum Gasteiger partial charge on any atom is 0.159 e. The van der Waals surface area contributed by atoms with Crippen molar-refractivity contribution < 1.29 is 13.9 Å².